The maximum atomic E-state index is 11.7. The Bertz CT molecular complexity index is 429. The van der Waals surface area contributed by atoms with Gasteiger partial charge in [0.15, 0.2) is 12.3 Å². The second-order valence-electron chi connectivity index (χ2n) is 4.66. The van der Waals surface area contributed by atoms with Crippen molar-refractivity contribution >= 4 is 11.9 Å². The van der Waals surface area contributed by atoms with Crippen molar-refractivity contribution in [1.82, 2.24) is 15.5 Å². The van der Waals surface area contributed by atoms with Gasteiger partial charge in [0.1, 0.15) is 0 Å². The molecule has 0 unspecified atom stereocenters. The first kappa shape index (κ1) is 16.2. The van der Waals surface area contributed by atoms with Crippen LogP contribution in [0.3, 0.4) is 0 Å². The minimum atomic E-state index is -0.577. The summed E-state index contributed by atoms with van der Waals surface area (Å²) in [5.41, 5.74) is 1.11. The normalized spacial score (nSPS) is 10.3. The highest BCUT2D eigenvalue weighted by Gasteiger charge is 2.13. The Morgan fingerprint density at radius 3 is 2.80 bits per heavy atom. The minimum absolute atomic E-state index is 0.215. The van der Waals surface area contributed by atoms with E-state index in [4.69, 9.17) is 4.74 Å². The summed E-state index contributed by atoms with van der Waals surface area (Å²) in [6, 6.07) is 1.66. The molecule has 0 fully saturated rings. The second-order valence-corrected chi connectivity index (χ2v) is 4.66. The number of carbonyl (C=O) groups is 2. The molecule has 0 aromatic carbocycles. The fraction of sp³-hybridized carbons (Fsp3) is 0.643. The Balaban J connectivity index is 2.26. The average molecular weight is 281 g/mol. The predicted molar refractivity (Wildman–Crippen MR) is 75.4 cm³/mol. The molecule has 0 saturated carbocycles. The SMILES string of the molecule is CCCCCNC(=O)COC(=O)c1cc(CCC)[nH]n1. The lowest BCUT2D eigenvalue weighted by Gasteiger charge is -2.04. The second kappa shape index (κ2) is 9.12. The van der Waals surface area contributed by atoms with Crippen LogP contribution in [0.5, 0.6) is 0 Å². The number of hydrogen-bond donors (Lipinski definition) is 2. The minimum Gasteiger partial charge on any atom is -0.451 e. The van der Waals surface area contributed by atoms with Crippen molar-refractivity contribution < 1.29 is 14.3 Å². The van der Waals surface area contributed by atoms with Crippen molar-refractivity contribution in [3.63, 3.8) is 0 Å². The van der Waals surface area contributed by atoms with Gasteiger partial charge in [-0.1, -0.05) is 33.1 Å². The van der Waals surface area contributed by atoms with Gasteiger partial charge in [-0.25, -0.2) is 4.79 Å². The topological polar surface area (TPSA) is 84.1 Å². The van der Waals surface area contributed by atoms with E-state index in [9.17, 15) is 9.59 Å². The smallest absolute Gasteiger partial charge is 0.359 e. The molecule has 1 aromatic rings. The Labute approximate surface area is 119 Å². The van der Waals surface area contributed by atoms with Crippen LogP contribution in [0.15, 0.2) is 6.07 Å². The van der Waals surface area contributed by atoms with E-state index in [0.717, 1.165) is 37.8 Å². The molecule has 0 saturated heterocycles. The Morgan fingerprint density at radius 1 is 1.30 bits per heavy atom. The molecule has 6 heteroatoms. The number of nitrogens with one attached hydrogen (secondary N) is 2. The number of hydrogen-bond acceptors (Lipinski definition) is 4. The number of esters is 1. The Hall–Kier alpha value is -1.85. The Kier molecular flexibility index (Phi) is 7.39. The number of unbranched alkanes of at least 4 members (excludes halogenated alkanes) is 2. The number of H-pyrrole nitrogens is 1. The van der Waals surface area contributed by atoms with E-state index in [0.29, 0.717) is 6.54 Å². The maximum absolute atomic E-state index is 11.7. The molecule has 112 valence electrons. The zero-order chi connectivity index (χ0) is 14.8. The summed E-state index contributed by atoms with van der Waals surface area (Å²) >= 11 is 0. The number of aromatic nitrogens is 2. The fourth-order valence-electron chi connectivity index (χ4n) is 1.72. The van der Waals surface area contributed by atoms with Crippen molar-refractivity contribution in [2.75, 3.05) is 13.2 Å². The van der Waals surface area contributed by atoms with Crippen LogP contribution >= 0.6 is 0 Å². The van der Waals surface area contributed by atoms with E-state index < -0.39 is 5.97 Å². The van der Waals surface area contributed by atoms with Gasteiger partial charge < -0.3 is 10.1 Å². The lowest BCUT2D eigenvalue weighted by molar-refractivity contribution is -0.124. The van der Waals surface area contributed by atoms with E-state index in [1.807, 2.05) is 6.92 Å². The first-order valence-corrected chi connectivity index (χ1v) is 7.15. The molecule has 0 spiro atoms. The van der Waals surface area contributed by atoms with Gasteiger partial charge in [0.2, 0.25) is 0 Å². The highest BCUT2D eigenvalue weighted by atomic mass is 16.5. The predicted octanol–water partition coefficient (Wildman–Crippen LogP) is 1.83. The van der Waals surface area contributed by atoms with E-state index in [-0.39, 0.29) is 18.2 Å². The van der Waals surface area contributed by atoms with Crippen LogP contribution in [-0.4, -0.2) is 35.2 Å². The van der Waals surface area contributed by atoms with Crippen molar-refractivity contribution in [1.29, 1.82) is 0 Å². The van der Waals surface area contributed by atoms with Crippen LogP contribution in [0.4, 0.5) is 0 Å². The number of amides is 1. The molecule has 1 amide bonds. The van der Waals surface area contributed by atoms with Crippen LogP contribution in [-0.2, 0) is 16.0 Å². The number of rotatable bonds is 9. The molecule has 0 aliphatic heterocycles. The van der Waals surface area contributed by atoms with Crippen molar-refractivity contribution in [2.45, 2.75) is 46.0 Å². The van der Waals surface area contributed by atoms with Gasteiger partial charge in [0.25, 0.3) is 5.91 Å². The van der Waals surface area contributed by atoms with Crippen LogP contribution < -0.4 is 5.32 Å². The van der Waals surface area contributed by atoms with Crippen LogP contribution in [0.1, 0.15) is 55.7 Å². The van der Waals surface area contributed by atoms with Gasteiger partial charge >= 0.3 is 5.97 Å². The third-order valence-corrected chi connectivity index (χ3v) is 2.80. The summed E-state index contributed by atoms with van der Waals surface area (Å²) in [7, 11) is 0. The van der Waals surface area contributed by atoms with Crippen LogP contribution in [0.2, 0.25) is 0 Å². The molecular weight excluding hydrogens is 258 g/mol. The maximum Gasteiger partial charge on any atom is 0.359 e. The fourth-order valence-corrected chi connectivity index (χ4v) is 1.72. The van der Waals surface area contributed by atoms with Gasteiger partial charge in [0.05, 0.1) is 0 Å². The van der Waals surface area contributed by atoms with Crippen LogP contribution in [0, 0.1) is 0 Å². The molecular formula is C14H23N3O3. The third kappa shape index (κ3) is 5.86. The number of carbonyl (C=O) groups excluding carboxylic acids is 2. The van der Waals surface area contributed by atoms with Crippen molar-refractivity contribution in [3.8, 4) is 0 Å². The molecule has 0 aliphatic carbocycles. The van der Waals surface area contributed by atoms with Crippen molar-refractivity contribution in [2.24, 2.45) is 0 Å². The van der Waals surface area contributed by atoms with Crippen molar-refractivity contribution in [3.05, 3.63) is 17.5 Å². The third-order valence-electron chi connectivity index (χ3n) is 2.80. The van der Waals surface area contributed by atoms with Crippen LogP contribution in [0.25, 0.3) is 0 Å². The zero-order valence-electron chi connectivity index (χ0n) is 12.2. The molecule has 0 bridgehead atoms. The average Bonchev–Trinajstić information content (AvgIpc) is 2.90. The molecule has 1 heterocycles. The summed E-state index contributed by atoms with van der Waals surface area (Å²) in [4.78, 5) is 23.1. The highest BCUT2D eigenvalue weighted by molar-refractivity contribution is 5.89. The lowest BCUT2D eigenvalue weighted by atomic mass is 10.2. The molecule has 6 nitrogen and oxygen atoms in total. The van der Waals surface area contributed by atoms with E-state index >= 15 is 0 Å². The number of nitrogens with zero attached hydrogens (tertiary/aromatic N) is 1. The largest absolute Gasteiger partial charge is 0.451 e. The molecule has 1 aromatic heterocycles. The Morgan fingerprint density at radius 2 is 2.10 bits per heavy atom. The molecule has 0 atom stereocenters. The molecule has 2 N–H and O–H groups in total. The first-order valence-electron chi connectivity index (χ1n) is 7.15. The summed E-state index contributed by atoms with van der Waals surface area (Å²) in [6.07, 6.45) is 4.92. The zero-order valence-corrected chi connectivity index (χ0v) is 12.2. The monoisotopic (exact) mass is 281 g/mol. The molecule has 20 heavy (non-hydrogen) atoms. The summed E-state index contributed by atoms with van der Waals surface area (Å²) < 4.78 is 4.90. The first-order chi connectivity index (χ1) is 9.67. The van der Waals surface area contributed by atoms with E-state index in [1.165, 1.54) is 0 Å². The van der Waals surface area contributed by atoms with E-state index in [1.54, 1.807) is 6.07 Å². The van der Waals surface area contributed by atoms with E-state index in [2.05, 4.69) is 22.4 Å². The van der Waals surface area contributed by atoms with Gasteiger partial charge in [-0.2, -0.15) is 5.10 Å². The molecule has 0 aliphatic rings. The number of aromatic amines is 1. The highest BCUT2D eigenvalue weighted by Crippen LogP contribution is 2.04. The van der Waals surface area contributed by atoms with Gasteiger partial charge in [-0.15, -0.1) is 0 Å². The molecule has 0 radical (unpaired) electrons. The van der Waals surface area contributed by atoms with Gasteiger partial charge in [-0.05, 0) is 18.9 Å². The summed E-state index contributed by atoms with van der Waals surface area (Å²) in [5, 5.41) is 9.35. The molecule has 1 rings (SSSR count). The summed E-state index contributed by atoms with van der Waals surface area (Å²) in [5.74, 6) is -0.855. The lowest BCUT2D eigenvalue weighted by Crippen LogP contribution is -2.29. The number of ether oxygens (including phenoxy) is 1. The summed E-state index contributed by atoms with van der Waals surface area (Å²) in [6.45, 7) is 4.50. The quantitative estimate of drug-likeness (QED) is 0.534. The van der Waals surface area contributed by atoms with Gasteiger partial charge in [0, 0.05) is 12.2 Å². The standard InChI is InChI=1S/C14H23N3O3/c1-3-5-6-8-15-13(18)10-20-14(19)12-9-11(7-4-2)16-17-12/h9H,3-8,10H2,1-2H3,(H,15,18)(H,16,17). The number of aryl methyl sites for hydroxylation is 1. The van der Waals surface area contributed by atoms with Gasteiger partial charge in [-0.3, -0.25) is 9.89 Å².